The highest BCUT2D eigenvalue weighted by Crippen LogP contribution is 2.56. The third-order valence-corrected chi connectivity index (χ3v) is 2.91. The molecule has 4 bridgehead atoms. The van der Waals surface area contributed by atoms with E-state index in [0.29, 0.717) is 11.8 Å². The van der Waals surface area contributed by atoms with Crippen LogP contribution in [-0.4, -0.2) is 0 Å². The topological polar surface area (TPSA) is 0 Å². The molecule has 1 heteroatoms. The summed E-state index contributed by atoms with van der Waals surface area (Å²) >= 11 is 0. The van der Waals surface area contributed by atoms with Crippen molar-refractivity contribution in [3.8, 4) is 0 Å². The summed E-state index contributed by atoms with van der Waals surface area (Å²) in [6.07, 6.45) is 10.3. The van der Waals surface area contributed by atoms with Crippen LogP contribution in [0.4, 0.5) is 4.39 Å². The summed E-state index contributed by atoms with van der Waals surface area (Å²) < 4.78 is 13.2. The summed E-state index contributed by atoms with van der Waals surface area (Å²) in [6.45, 7) is 0. The van der Waals surface area contributed by atoms with Crippen molar-refractivity contribution in [1.29, 1.82) is 0 Å². The fourth-order valence-electron chi connectivity index (χ4n) is 2.21. The number of hydrogen-bond acceptors (Lipinski definition) is 0. The van der Waals surface area contributed by atoms with Crippen molar-refractivity contribution in [2.45, 2.75) is 0 Å². The highest BCUT2D eigenvalue weighted by Gasteiger charge is 2.51. The van der Waals surface area contributed by atoms with Crippen LogP contribution in [0.25, 0.3) is 0 Å². The van der Waals surface area contributed by atoms with Crippen LogP contribution in [0.1, 0.15) is 0 Å². The second-order valence-electron chi connectivity index (χ2n) is 3.58. The van der Waals surface area contributed by atoms with Gasteiger partial charge in [0.25, 0.3) is 0 Å². The van der Waals surface area contributed by atoms with E-state index in [1.165, 1.54) is 0 Å². The van der Waals surface area contributed by atoms with Gasteiger partial charge >= 0.3 is 0 Å². The van der Waals surface area contributed by atoms with Crippen molar-refractivity contribution in [3.05, 3.63) is 36.2 Å². The van der Waals surface area contributed by atoms with Crippen molar-refractivity contribution in [1.82, 2.24) is 0 Å². The van der Waals surface area contributed by atoms with E-state index in [9.17, 15) is 4.39 Å². The molecule has 0 radical (unpaired) electrons. The van der Waals surface area contributed by atoms with Gasteiger partial charge in [-0.25, -0.2) is 4.39 Å². The molecule has 0 aliphatic heterocycles. The molecule has 4 aliphatic carbocycles. The maximum atomic E-state index is 13.2. The maximum Gasteiger partial charge on any atom is 0.101 e. The molecule has 0 nitrogen and oxygen atoms in total. The van der Waals surface area contributed by atoms with Crippen molar-refractivity contribution >= 4 is 0 Å². The van der Waals surface area contributed by atoms with Gasteiger partial charge in [-0.2, -0.15) is 0 Å². The van der Waals surface area contributed by atoms with Gasteiger partial charge in [-0.05, 0) is 17.9 Å². The molecule has 0 aromatic carbocycles. The SMILES string of the molecule is FC1=CC2C=CC3C(C=C2)C13. The van der Waals surface area contributed by atoms with Crippen LogP contribution in [0.5, 0.6) is 0 Å². The van der Waals surface area contributed by atoms with E-state index >= 15 is 0 Å². The largest absolute Gasteiger partial charge is 0.212 e. The normalized spacial score (nSPS) is 50.1. The number of hydrogen-bond donors (Lipinski definition) is 0. The standard InChI is InChI=1S/C10H9F/c11-9-5-6-1-3-7-8(4-2-6)10(7)9/h1-8,10H. The molecule has 2 atom stereocenters. The Balaban J connectivity index is 2.16. The van der Waals surface area contributed by atoms with Crippen molar-refractivity contribution in [2.75, 3.05) is 0 Å². The van der Waals surface area contributed by atoms with Crippen LogP contribution in [-0.2, 0) is 0 Å². The first-order valence-corrected chi connectivity index (χ1v) is 4.10. The van der Waals surface area contributed by atoms with Crippen molar-refractivity contribution in [3.63, 3.8) is 0 Å². The summed E-state index contributed by atoms with van der Waals surface area (Å²) in [7, 11) is 0. The number of halogens is 1. The third-order valence-electron chi connectivity index (χ3n) is 2.91. The molecular formula is C10H9F. The molecule has 4 aliphatic rings. The van der Waals surface area contributed by atoms with Gasteiger partial charge in [0.2, 0.25) is 0 Å². The minimum atomic E-state index is 0.111. The lowest BCUT2D eigenvalue weighted by molar-refractivity contribution is 0.559. The molecule has 4 rings (SSSR count). The van der Waals surface area contributed by atoms with E-state index in [1.54, 1.807) is 6.08 Å². The van der Waals surface area contributed by atoms with Gasteiger partial charge in [-0.3, -0.25) is 0 Å². The first-order chi connectivity index (χ1) is 5.36. The molecule has 0 N–H and O–H groups in total. The van der Waals surface area contributed by atoms with Crippen LogP contribution in [0.15, 0.2) is 36.2 Å². The zero-order chi connectivity index (χ0) is 7.42. The summed E-state index contributed by atoms with van der Waals surface area (Å²) in [4.78, 5) is 0. The fraction of sp³-hybridized carbons (Fsp3) is 0.400. The molecular weight excluding hydrogens is 139 g/mol. The lowest BCUT2D eigenvalue weighted by atomic mass is 10.1. The molecule has 0 aromatic heterocycles. The Labute approximate surface area is 65.1 Å². The second kappa shape index (κ2) is 1.66. The van der Waals surface area contributed by atoms with Gasteiger partial charge in [0.05, 0.1) is 0 Å². The average molecular weight is 148 g/mol. The second-order valence-corrected chi connectivity index (χ2v) is 3.58. The molecule has 11 heavy (non-hydrogen) atoms. The van der Waals surface area contributed by atoms with E-state index in [4.69, 9.17) is 0 Å². The molecule has 0 aromatic rings. The first kappa shape index (κ1) is 5.76. The molecule has 0 saturated heterocycles. The highest BCUT2D eigenvalue weighted by molar-refractivity contribution is 5.35. The average Bonchev–Trinajstić information content (AvgIpc) is 2.64. The first-order valence-electron chi connectivity index (χ1n) is 4.10. The van der Waals surface area contributed by atoms with E-state index in [2.05, 4.69) is 24.3 Å². The summed E-state index contributed by atoms with van der Waals surface area (Å²) in [5, 5.41) is 0. The maximum absolute atomic E-state index is 13.2. The van der Waals surface area contributed by atoms with E-state index < -0.39 is 0 Å². The molecule has 0 amide bonds. The minimum absolute atomic E-state index is 0.111. The van der Waals surface area contributed by atoms with Crippen LogP contribution in [0.2, 0.25) is 0 Å². The Morgan fingerprint density at radius 2 is 1.64 bits per heavy atom. The molecule has 1 fully saturated rings. The summed E-state index contributed by atoms with van der Waals surface area (Å²) in [5.41, 5.74) is 0. The van der Waals surface area contributed by atoms with E-state index in [-0.39, 0.29) is 17.7 Å². The van der Waals surface area contributed by atoms with Crippen LogP contribution < -0.4 is 0 Å². The predicted molar refractivity (Wildman–Crippen MR) is 41.4 cm³/mol. The zero-order valence-corrected chi connectivity index (χ0v) is 6.07. The Morgan fingerprint density at radius 3 is 2.27 bits per heavy atom. The van der Waals surface area contributed by atoms with Gasteiger partial charge in [-0.15, -0.1) is 0 Å². The number of allylic oxidation sites excluding steroid dienone is 6. The summed E-state index contributed by atoms with van der Waals surface area (Å²) in [5.74, 6) is 1.51. The molecule has 0 heterocycles. The zero-order valence-electron chi connectivity index (χ0n) is 6.07. The molecule has 0 spiro atoms. The van der Waals surface area contributed by atoms with Crippen LogP contribution in [0, 0.1) is 23.7 Å². The number of rotatable bonds is 0. The predicted octanol–water partition coefficient (Wildman–Crippen LogP) is 2.46. The van der Waals surface area contributed by atoms with Gasteiger partial charge < -0.3 is 0 Å². The lowest BCUT2D eigenvalue weighted by Gasteiger charge is -1.95. The molecule has 1 saturated carbocycles. The van der Waals surface area contributed by atoms with Gasteiger partial charge in [0.15, 0.2) is 0 Å². The van der Waals surface area contributed by atoms with Gasteiger partial charge in [0.1, 0.15) is 5.83 Å². The van der Waals surface area contributed by atoms with Crippen LogP contribution in [0.3, 0.4) is 0 Å². The van der Waals surface area contributed by atoms with Gasteiger partial charge in [-0.1, -0.05) is 24.3 Å². The smallest absolute Gasteiger partial charge is 0.101 e. The fourth-order valence-corrected chi connectivity index (χ4v) is 2.21. The van der Waals surface area contributed by atoms with Crippen molar-refractivity contribution < 1.29 is 4.39 Å². The minimum Gasteiger partial charge on any atom is -0.212 e. The molecule has 2 unspecified atom stereocenters. The monoisotopic (exact) mass is 148 g/mol. The summed E-state index contributed by atoms with van der Waals surface area (Å²) in [6, 6.07) is 0. The van der Waals surface area contributed by atoms with Crippen LogP contribution >= 0.6 is 0 Å². The Bertz CT molecular complexity index is 265. The van der Waals surface area contributed by atoms with E-state index in [0.717, 1.165) is 0 Å². The molecule has 56 valence electrons. The lowest BCUT2D eigenvalue weighted by Crippen LogP contribution is -1.83. The third kappa shape index (κ3) is 0.635. The van der Waals surface area contributed by atoms with Crippen molar-refractivity contribution in [2.24, 2.45) is 23.7 Å². The van der Waals surface area contributed by atoms with Gasteiger partial charge in [0, 0.05) is 11.8 Å². The Morgan fingerprint density at radius 1 is 1.00 bits per heavy atom. The Hall–Kier alpha value is -0.850. The Kier molecular flexibility index (Phi) is 0.867. The van der Waals surface area contributed by atoms with E-state index in [1.807, 2.05) is 0 Å². The highest BCUT2D eigenvalue weighted by atomic mass is 19.1. The quantitative estimate of drug-likeness (QED) is 0.463.